The molecule has 0 aliphatic heterocycles. The highest BCUT2D eigenvalue weighted by atomic mass is 31.2. The van der Waals surface area contributed by atoms with Gasteiger partial charge in [-0.15, -0.1) is 0 Å². The van der Waals surface area contributed by atoms with Crippen LogP contribution in [0.5, 0.6) is 0 Å². The number of hydrogen-bond donors (Lipinski definition) is 2. The van der Waals surface area contributed by atoms with E-state index in [9.17, 15) is 19.4 Å². The maximum Gasteiger partial charge on any atom is 0.268 e. The average Bonchev–Trinajstić information content (AvgIpc) is 3.19. The normalized spacial score (nSPS) is 14.2. The Morgan fingerprint density at radius 1 is 0.576 bits per heavy atom. The van der Waals surface area contributed by atoms with Crippen LogP contribution < -0.4 is 10.2 Å². The van der Waals surface area contributed by atoms with Crippen LogP contribution >= 0.6 is 7.82 Å². The quantitative estimate of drug-likeness (QED) is 0.0273. The number of amides is 1. The van der Waals surface area contributed by atoms with E-state index in [0.717, 1.165) is 44.9 Å². The van der Waals surface area contributed by atoms with Crippen LogP contribution in [0.3, 0.4) is 0 Å². The average molecular weight is 857 g/mol. The second-order valence-corrected chi connectivity index (χ2v) is 20.3. The molecule has 0 saturated heterocycles. The Morgan fingerprint density at radius 3 is 1.32 bits per heavy atom. The first-order valence-electron chi connectivity index (χ1n) is 25.5. The molecule has 0 saturated carbocycles. The molecule has 8 nitrogen and oxygen atoms in total. The van der Waals surface area contributed by atoms with Gasteiger partial charge in [-0.2, -0.15) is 0 Å². The number of nitrogens with one attached hydrogen (secondary N) is 1. The third-order valence-electron chi connectivity index (χ3n) is 11.8. The number of hydrogen-bond acceptors (Lipinski definition) is 6. The molecule has 1 unspecified atom stereocenters. The highest BCUT2D eigenvalue weighted by molar-refractivity contribution is 7.45. The molecule has 0 aromatic rings. The van der Waals surface area contributed by atoms with Gasteiger partial charge in [0.05, 0.1) is 39.9 Å². The second-order valence-electron chi connectivity index (χ2n) is 18.9. The van der Waals surface area contributed by atoms with Crippen molar-refractivity contribution in [3.05, 3.63) is 12.2 Å². The minimum Gasteiger partial charge on any atom is -0.756 e. The Hall–Kier alpha value is -0.760. The largest absolute Gasteiger partial charge is 0.756 e. The number of nitrogens with zero attached hydrogens (tertiary/aromatic N) is 1. The van der Waals surface area contributed by atoms with Crippen LogP contribution in [0.15, 0.2) is 12.2 Å². The van der Waals surface area contributed by atoms with Crippen molar-refractivity contribution in [3.8, 4) is 0 Å². The van der Waals surface area contributed by atoms with E-state index in [-0.39, 0.29) is 19.1 Å². The Kier molecular flexibility index (Phi) is 42.0. The Balaban J connectivity index is 4.24. The Labute approximate surface area is 367 Å². The molecule has 0 aliphatic carbocycles. The molecule has 0 spiro atoms. The number of phosphoric ester groups is 1. The van der Waals surface area contributed by atoms with Crippen LogP contribution in [0.2, 0.25) is 0 Å². The standard InChI is InChI=1S/C50H101N2O6P/c1-6-8-10-12-14-16-18-20-22-24-25-26-27-28-30-32-34-36-38-40-42-44-50(54)51-48(47-58-59(55,56)57-46-45-52(3,4)5)49(53)43-41-39-37-35-33-31-29-23-21-19-17-15-13-11-9-7-2/h33,35,48-49,53H,6-32,34,36-47H2,1-5H3,(H-,51,54,55,56)/b35-33+/t48-,49+/m0/s1. The van der Waals surface area contributed by atoms with E-state index in [4.69, 9.17) is 9.05 Å². The molecular formula is C50H101N2O6P. The summed E-state index contributed by atoms with van der Waals surface area (Å²) in [6.45, 7) is 4.73. The minimum absolute atomic E-state index is 0.00996. The smallest absolute Gasteiger partial charge is 0.268 e. The molecule has 0 aromatic carbocycles. The first-order valence-corrected chi connectivity index (χ1v) is 27.0. The lowest BCUT2D eigenvalue weighted by molar-refractivity contribution is -0.870. The summed E-state index contributed by atoms with van der Waals surface area (Å²) in [5, 5.41) is 13.9. The van der Waals surface area contributed by atoms with Gasteiger partial charge in [-0.3, -0.25) is 9.36 Å². The van der Waals surface area contributed by atoms with Crippen LogP contribution in [0.1, 0.15) is 251 Å². The van der Waals surface area contributed by atoms with Crippen molar-refractivity contribution in [1.29, 1.82) is 0 Å². The van der Waals surface area contributed by atoms with Gasteiger partial charge in [0, 0.05) is 6.42 Å². The number of allylic oxidation sites excluding steroid dienone is 2. The summed E-state index contributed by atoms with van der Waals surface area (Å²) >= 11 is 0. The molecule has 0 aromatic heterocycles. The van der Waals surface area contributed by atoms with Gasteiger partial charge in [-0.1, -0.05) is 219 Å². The predicted octanol–water partition coefficient (Wildman–Crippen LogP) is 14.1. The molecule has 0 rings (SSSR count). The molecule has 1 amide bonds. The highest BCUT2D eigenvalue weighted by Crippen LogP contribution is 2.38. The number of carbonyl (C=O) groups excluding carboxylic acids is 1. The molecule has 0 heterocycles. The Bertz CT molecular complexity index is 974. The lowest BCUT2D eigenvalue weighted by atomic mass is 10.0. The minimum atomic E-state index is -4.57. The van der Waals surface area contributed by atoms with E-state index in [1.54, 1.807) is 0 Å². The zero-order chi connectivity index (χ0) is 43.6. The van der Waals surface area contributed by atoms with E-state index in [0.29, 0.717) is 23.9 Å². The summed E-state index contributed by atoms with van der Waals surface area (Å²) in [5.41, 5.74) is 0. The van der Waals surface area contributed by atoms with Gasteiger partial charge in [0.2, 0.25) is 5.91 Å². The van der Waals surface area contributed by atoms with Crippen LogP contribution in [0.4, 0.5) is 0 Å². The summed E-state index contributed by atoms with van der Waals surface area (Å²) in [4.78, 5) is 25.4. The zero-order valence-electron chi connectivity index (χ0n) is 40.0. The number of quaternary nitrogens is 1. The third-order valence-corrected chi connectivity index (χ3v) is 12.7. The molecule has 9 heteroatoms. The molecule has 0 fully saturated rings. The first kappa shape index (κ1) is 58.2. The number of likely N-dealkylation sites (N-methyl/N-ethyl adjacent to an activating group) is 1. The van der Waals surface area contributed by atoms with E-state index in [2.05, 4.69) is 31.3 Å². The predicted molar refractivity (Wildman–Crippen MR) is 252 cm³/mol. The van der Waals surface area contributed by atoms with Gasteiger partial charge < -0.3 is 28.8 Å². The van der Waals surface area contributed by atoms with Crippen LogP contribution in [-0.2, 0) is 18.4 Å². The third kappa shape index (κ3) is 45.1. The molecule has 3 atom stereocenters. The van der Waals surface area contributed by atoms with Gasteiger partial charge in [0.25, 0.3) is 7.82 Å². The monoisotopic (exact) mass is 857 g/mol. The fourth-order valence-corrected chi connectivity index (χ4v) is 8.41. The fraction of sp³-hybridized carbons (Fsp3) is 0.940. The van der Waals surface area contributed by atoms with Gasteiger partial charge in [0.15, 0.2) is 0 Å². The van der Waals surface area contributed by atoms with Gasteiger partial charge in [-0.25, -0.2) is 0 Å². The van der Waals surface area contributed by atoms with Crippen LogP contribution in [0, 0.1) is 0 Å². The van der Waals surface area contributed by atoms with E-state index >= 15 is 0 Å². The SMILES string of the molecule is CCCCCCCCCCCC/C=C/CCCC[C@@H](O)[C@H](COP(=O)([O-])OCC[N+](C)(C)C)NC(=O)CCCCCCCCCCCCCCCCCCCCCCC. The lowest BCUT2D eigenvalue weighted by Gasteiger charge is -2.30. The maximum atomic E-state index is 12.9. The summed E-state index contributed by atoms with van der Waals surface area (Å²) in [5.74, 6) is -0.169. The highest BCUT2D eigenvalue weighted by Gasteiger charge is 2.24. The van der Waals surface area contributed by atoms with Crippen molar-refractivity contribution in [1.82, 2.24) is 5.32 Å². The lowest BCUT2D eigenvalue weighted by Crippen LogP contribution is -2.46. The first-order chi connectivity index (χ1) is 28.5. The van der Waals surface area contributed by atoms with Crippen molar-refractivity contribution >= 4 is 13.7 Å². The molecule has 0 radical (unpaired) electrons. The molecular weight excluding hydrogens is 756 g/mol. The molecule has 0 aliphatic rings. The Morgan fingerprint density at radius 2 is 0.932 bits per heavy atom. The number of aliphatic hydroxyl groups is 1. The number of aliphatic hydroxyl groups excluding tert-OH is 1. The van der Waals surface area contributed by atoms with Gasteiger partial charge >= 0.3 is 0 Å². The van der Waals surface area contributed by atoms with Crippen molar-refractivity contribution in [2.45, 2.75) is 264 Å². The van der Waals surface area contributed by atoms with Crippen LogP contribution in [-0.4, -0.2) is 68.5 Å². The number of carbonyl (C=O) groups is 1. The van der Waals surface area contributed by atoms with Crippen molar-refractivity contribution < 1.29 is 32.9 Å². The second kappa shape index (κ2) is 42.5. The van der Waals surface area contributed by atoms with Gasteiger partial charge in [-0.05, 0) is 38.5 Å². The number of rotatable bonds is 47. The van der Waals surface area contributed by atoms with E-state index in [1.165, 1.54) is 180 Å². The number of phosphoric acid groups is 1. The number of unbranched alkanes of at least 4 members (excludes halogenated alkanes) is 32. The van der Waals surface area contributed by atoms with Crippen molar-refractivity contribution in [2.75, 3.05) is 40.9 Å². The van der Waals surface area contributed by atoms with Crippen molar-refractivity contribution in [3.63, 3.8) is 0 Å². The summed E-state index contributed by atoms with van der Waals surface area (Å²) in [7, 11) is 1.30. The van der Waals surface area contributed by atoms with Crippen LogP contribution in [0.25, 0.3) is 0 Å². The van der Waals surface area contributed by atoms with E-state index < -0.39 is 20.0 Å². The molecule has 59 heavy (non-hydrogen) atoms. The summed E-state index contributed by atoms with van der Waals surface area (Å²) in [6.07, 6.45) is 49.4. The van der Waals surface area contributed by atoms with E-state index in [1.807, 2.05) is 21.1 Å². The summed E-state index contributed by atoms with van der Waals surface area (Å²) in [6, 6.07) is -0.812. The topological polar surface area (TPSA) is 108 Å². The maximum absolute atomic E-state index is 12.9. The fourth-order valence-electron chi connectivity index (χ4n) is 7.68. The van der Waals surface area contributed by atoms with Gasteiger partial charge in [0.1, 0.15) is 13.2 Å². The van der Waals surface area contributed by atoms with Crippen molar-refractivity contribution in [2.24, 2.45) is 0 Å². The summed E-state index contributed by atoms with van der Waals surface area (Å²) < 4.78 is 23.3. The molecule has 0 bridgehead atoms. The molecule has 352 valence electrons. The zero-order valence-corrected chi connectivity index (χ0v) is 40.9. The molecule has 2 N–H and O–H groups in total.